The largest absolute Gasteiger partial charge is 0.358 e. The molecule has 4 N–H and O–H groups in total. The molecular formula is C14H16N4. The number of nitrogens with two attached hydrogens (primary N) is 1. The van der Waals surface area contributed by atoms with Gasteiger partial charge in [-0.3, -0.25) is 5.10 Å². The molecule has 0 saturated heterocycles. The van der Waals surface area contributed by atoms with E-state index in [1.165, 1.54) is 10.9 Å². The second-order valence-electron chi connectivity index (χ2n) is 4.55. The van der Waals surface area contributed by atoms with Crippen LogP contribution in [0.1, 0.15) is 17.1 Å². The normalized spacial score (nSPS) is 11.3. The van der Waals surface area contributed by atoms with E-state index in [-0.39, 0.29) is 0 Å². The number of hydrogen-bond donors (Lipinski definition) is 3. The van der Waals surface area contributed by atoms with E-state index >= 15 is 0 Å². The number of aromatic amines is 2. The lowest BCUT2D eigenvalue weighted by Crippen LogP contribution is -1.99. The quantitative estimate of drug-likeness (QED) is 0.644. The fourth-order valence-corrected chi connectivity index (χ4v) is 2.56. The Balaban J connectivity index is 2.37. The van der Waals surface area contributed by atoms with Gasteiger partial charge in [0.25, 0.3) is 0 Å². The molecule has 18 heavy (non-hydrogen) atoms. The molecule has 0 unspecified atom stereocenters. The summed E-state index contributed by atoms with van der Waals surface area (Å²) in [4.78, 5) is 3.41. The third kappa shape index (κ3) is 1.46. The monoisotopic (exact) mass is 240 g/mol. The molecule has 3 rings (SSSR count). The van der Waals surface area contributed by atoms with E-state index in [0.29, 0.717) is 6.54 Å². The Bertz CT molecular complexity index is 706. The van der Waals surface area contributed by atoms with Crippen LogP contribution in [0.25, 0.3) is 22.0 Å². The third-order valence-corrected chi connectivity index (χ3v) is 3.36. The number of nitrogens with zero attached hydrogens (tertiary/aromatic N) is 1. The molecule has 1 aromatic carbocycles. The molecule has 3 aromatic rings. The van der Waals surface area contributed by atoms with Crippen molar-refractivity contribution in [3.8, 4) is 11.1 Å². The van der Waals surface area contributed by atoms with E-state index in [1.807, 2.05) is 13.0 Å². The van der Waals surface area contributed by atoms with Crippen molar-refractivity contribution in [2.75, 3.05) is 0 Å². The molecule has 2 aromatic heterocycles. The van der Waals surface area contributed by atoms with Crippen molar-refractivity contribution < 1.29 is 0 Å². The number of fused-ring (bicyclic) bond motifs is 1. The minimum Gasteiger partial charge on any atom is -0.358 e. The lowest BCUT2D eigenvalue weighted by molar-refractivity contribution is 0.940. The standard InChI is InChI=1S/C14H16N4/c1-8-13(10-5-3-4-6-11(10)16-8)14-9(2)17-18-12(14)7-15/h3-6,16H,7,15H2,1-2H3,(H,17,18). The highest BCUT2D eigenvalue weighted by Gasteiger charge is 2.17. The molecule has 0 aliphatic rings. The molecule has 0 aliphatic heterocycles. The van der Waals surface area contributed by atoms with Crippen molar-refractivity contribution >= 4 is 10.9 Å². The smallest absolute Gasteiger partial charge is 0.0839 e. The van der Waals surface area contributed by atoms with Crippen molar-refractivity contribution in [1.82, 2.24) is 15.2 Å². The summed E-state index contributed by atoms with van der Waals surface area (Å²) in [6, 6.07) is 8.30. The number of hydrogen-bond acceptors (Lipinski definition) is 2. The molecule has 92 valence electrons. The van der Waals surface area contributed by atoms with Crippen LogP contribution in [0, 0.1) is 13.8 Å². The number of rotatable bonds is 2. The first-order valence-corrected chi connectivity index (χ1v) is 6.04. The highest BCUT2D eigenvalue weighted by molar-refractivity contribution is 5.98. The van der Waals surface area contributed by atoms with Crippen LogP contribution in [0.5, 0.6) is 0 Å². The zero-order chi connectivity index (χ0) is 12.7. The van der Waals surface area contributed by atoms with E-state index in [9.17, 15) is 0 Å². The van der Waals surface area contributed by atoms with Crippen molar-refractivity contribution in [2.24, 2.45) is 5.73 Å². The zero-order valence-corrected chi connectivity index (χ0v) is 10.5. The summed E-state index contributed by atoms with van der Waals surface area (Å²) in [6.45, 7) is 4.56. The number of para-hydroxylation sites is 1. The number of benzene rings is 1. The maximum absolute atomic E-state index is 5.77. The summed E-state index contributed by atoms with van der Waals surface area (Å²) in [6.07, 6.45) is 0. The Kier molecular flexibility index (Phi) is 2.45. The van der Waals surface area contributed by atoms with Crippen LogP contribution in [0.4, 0.5) is 0 Å². The van der Waals surface area contributed by atoms with Gasteiger partial charge in [-0.15, -0.1) is 0 Å². The topological polar surface area (TPSA) is 70.5 Å². The van der Waals surface area contributed by atoms with Crippen LogP contribution in [0.2, 0.25) is 0 Å². The Morgan fingerprint density at radius 1 is 1.11 bits per heavy atom. The maximum Gasteiger partial charge on any atom is 0.0839 e. The second kappa shape index (κ2) is 3.99. The van der Waals surface area contributed by atoms with E-state index in [4.69, 9.17) is 5.73 Å². The summed E-state index contributed by atoms with van der Waals surface area (Å²) in [5.41, 5.74) is 12.4. The summed E-state index contributed by atoms with van der Waals surface area (Å²) >= 11 is 0. The highest BCUT2D eigenvalue weighted by atomic mass is 15.1. The minimum atomic E-state index is 0.443. The maximum atomic E-state index is 5.77. The third-order valence-electron chi connectivity index (χ3n) is 3.36. The first kappa shape index (κ1) is 11.0. The highest BCUT2D eigenvalue weighted by Crippen LogP contribution is 2.35. The average molecular weight is 240 g/mol. The van der Waals surface area contributed by atoms with Crippen LogP contribution in [-0.4, -0.2) is 15.2 Å². The zero-order valence-electron chi connectivity index (χ0n) is 10.5. The number of H-pyrrole nitrogens is 2. The molecular weight excluding hydrogens is 224 g/mol. The predicted molar refractivity (Wildman–Crippen MR) is 73.2 cm³/mol. The predicted octanol–water partition coefficient (Wildman–Crippen LogP) is 2.63. The van der Waals surface area contributed by atoms with Gasteiger partial charge in [-0.25, -0.2) is 0 Å². The Hall–Kier alpha value is -2.07. The lowest BCUT2D eigenvalue weighted by Gasteiger charge is -2.03. The number of aryl methyl sites for hydroxylation is 2. The molecule has 0 amide bonds. The molecule has 0 saturated carbocycles. The molecule has 4 heteroatoms. The summed E-state index contributed by atoms with van der Waals surface area (Å²) < 4.78 is 0. The molecule has 0 atom stereocenters. The Morgan fingerprint density at radius 2 is 1.89 bits per heavy atom. The SMILES string of the molecule is Cc1[nH]nc(CN)c1-c1c(C)[nH]c2ccccc12. The molecule has 2 heterocycles. The van der Waals surface area contributed by atoms with Gasteiger partial charge in [0.2, 0.25) is 0 Å². The summed E-state index contributed by atoms with van der Waals surface area (Å²) in [5.74, 6) is 0. The van der Waals surface area contributed by atoms with E-state index < -0.39 is 0 Å². The van der Waals surface area contributed by atoms with Crippen molar-refractivity contribution in [2.45, 2.75) is 20.4 Å². The van der Waals surface area contributed by atoms with Gasteiger partial charge in [0.1, 0.15) is 0 Å². The number of aromatic nitrogens is 3. The Morgan fingerprint density at radius 3 is 2.67 bits per heavy atom. The Labute approximate surface area is 105 Å². The van der Waals surface area contributed by atoms with E-state index in [0.717, 1.165) is 28.2 Å². The second-order valence-corrected chi connectivity index (χ2v) is 4.55. The van der Waals surface area contributed by atoms with Crippen LogP contribution >= 0.6 is 0 Å². The molecule has 0 bridgehead atoms. The van der Waals surface area contributed by atoms with Gasteiger partial charge < -0.3 is 10.7 Å². The van der Waals surface area contributed by atoms with E-state index in [1.54, 1.807) is 0 Å². The van der Waals surface area contributed by atoms with Crippen molar-refractivity contribution in [3.63, 3.8) is 0 Å². The van der Waals surface area contributed by atoms with Gasteiger partial charge in [0.15, 0.2) is 0 Å². The average Bonchev–Trinajstić information content (AvgIpc) is 2.88. The van der Waals surface area contributed by atoms with Gasteiger partial charge in [-0.1, -0.05) is 18.2 Å². The molecule has 4 nitrogen and oxygen atoms in total. The summed E-state index contributed by atoms with van der Waals surface area (Å²) in [5, 5.41) is 8.52. The van der Waals surface area contributed by atoms with Gasteiger partial charge in [0.05, 0.1) is 5.69 Å². The van der Waals surface area contributed by atoms with Crippen molar-refractivity contribution in [1.29, 1.82) is 0 Å². The fourth-order valence-electron chi connectivity index (χ4n) is 2.56. The molecule has 0 radical (unpaired) electrons. The fraction of sp³-hybridized carbons (Fsp3) is 0.214. The van der Waals surface area contributed by atoms with Crippen LogP contribution in [0.3, 0.4) is 0 Å². The van der Waals surface area contributed by atoms with Gasteiger partial charge >= 0.3 is 0 Å². The van der Waals surface area contributed by atoms with E-state index in [2.05, 4.69) is 40.3 Å². The number of nitrogens with one attached hydrogen (secondary N) is 2. The van der Waals surface area contributed by atoms with Crippen molar-refractivity contribution in [3.05, 3.63) is 41.3 Å². The molecule has 0 aliphatic carbocycles. The summed E-state index contributed by atoms with van der Waals surface area (Å²) in [7, 11) is 0. The molecule has 0 spiro atoms. The molecule has 0 fully saturated rings. The minimum absolute atomic E-state index is 0.443. The van der Waals surface area contributed by atoms with Gasteiger partial charge in [-0.2, -0.15) is 5.10 Å². The first-order chi connectivity index (χ1) is 8.72. The van der Waals surface area contributed by atoms with Gasteiger partial charge in [0, 0.05) is 40.0 Å². The van der Waals surface area contributed by atoms with Gasteiger partial charge in [-0.05, 0) is 19.9 Å². The first-order valence-electron chi connectivity index (χ1n) is 6.04. The lowest BCUT2D eigenvalue weighted by atomic mass is 10.00. The van der Waals surface area contributed by atoms with Crippen LogP contribution < -0.4 is 5.73 Å². The van der Waals surface area contributed by atoms with Crippen LogP contribution in [-0.2, 0) is 6.54 Å². The van der Waals surface area contributed by atoms with Crippen LogP contribution in [0.15, 0.2) is 24.3 Å².